The van der Waals surface area contributed by atoms with Gasteiger partial charge in [0.05, 0.1) is 30.3 Å². The number of carboxylic acid groups (broad SMARTS) is 1. The maximum Gasteiger partial charge on any atom is 0.309 e. The van der Waals surface area contributed by atoms with Crippen LogP contribution in [0.2, 0.25) is 0 Å². The third-order valence-electron chi connectivity index (χ3n) is 10.6. The van der Waals surface area contributed by atoms with E-state index >= 15 is 0 Å². The molecule has 1 aliphatic rings. The number of aryl methyl sites for hydroxylation is 1. The summed E-state index contributed by atoms with van der Waals surface area (Å²) < 4.78 is 44.1. The summed E-state index contributed by atoms with van der Waals surface area (Å²) in [6.45, 7) is 19.0. The molecule has 1 saturated carbocycles. The lowest BCUT2D eigenvalue weighted by Crippen LogP contribution is -2.29. The van der Waals surface area contributed by atoms with E-state index in [1.165, 1.54) is 5.56 Å². The lowest BCUT2D eigenvalue weighted by atomic mass is 9.89. The molecule has 0 aliphatic heterocycles. The molecule has 1 aliphatic carbocycles. The molecule has 1 N–H and O–H groups in total. The second-order valence-electron chi connectivity index (χ2n) is 15.4. The molecule has 0 saturated heterocycles. The van der Waals surface area contributed by atoms with E-state index in [-0.39, 0.29) is 55.1 Å². The lowest BCUT2D eigenvalue weighted by Gasteiger charge is -2.27. The van der Waals surface area contributed by atoms with Crippen LogP contribution < -0.4 is 0 Å². The first-order valence-electron chi connectivity index (χ1n) is 22.2. The van der Waals surface area contributed by atoms with Gasteiger partial charge in [0.15, 0.2) is 18.9 Å². The minimum atomic E-state index is -0.807. The van der Waals surface area contributed by atoms with Crippen LogP contribution in [0, 0.1) is 17.8 Å². The van der Waals surface area contributed by atoms with Crippen LogP contribution in [0.15, 0.2) is 54.6 Å². The lowest BCUT2D eigenvalue weighted by molar-refractivity contribution is -0.178. The summed E-state index contributed by atoms with van der Waals surface area (Å²) in [6, 6.07) is 10.5. The van der Waals surface area contributed by atoms with Gasteiger partial charge in [-0.1, -0.05) is 108 Å². The molecule has 2 rings (SSSR count). The molecular weight excluding hydrogens is 709 g/mol. The number of ether oxygens (including phenoxy) is 7. The van der Waals surface area contributed by atoms with Crippen LogP contribution in [0.25, 0.3) is 0 Å². The molecule has 0 amide bonds. The zero-order valence-corrected chi connectivity index (χ0v) is 36.4. The van der Waals surface area contributed by atoms with Crippen molar-refractivity contribution in [2.45, 2.75) is 189 Å². The van der Waals surface area contributed by atoms with Gasteiger partial charge in [0.1, 0.15) is 0 Å². The molecule has 1 aromatic carbocycles. The zero-order chi connectivity index (χ0) is 41.0. The number of unbranched alkanes of at least 4 members (excludes halogenated alkanes) is 4. The van der Waals surface area contributed by atoms with Crippen molar-refractivity contribution in [3.05, 3.63) is 60.2 Å². The van der Waals surface area contributed by atoms with Gasteiger partial charge >= 0.3 is 5.97 Å². The first-order valence-corrected chi connectivity index (χ1v) is 22.2. The van der Waals surface area contributed by atoms with Crippen LogP contribution in [-0.2, 0) is 44.4 Å². The molecule has 322 valence electrons. The normalized spacial score (nSPS) is 22.1. The molecule has 9 nitrogen and oxygen atoms in total. The first kappa shape index (κ1) is 50.0. The molecule has 5 unspecified atom stereocenters. The number of carboxylic acids is 1. The summed E-state index contributed by atoms with van der Waals surface area (Å²) in [5.41, 5.74) is 1.27. The zero-order valence-electron chi connectivity index (χ0n) is 36.4. The van der Waals surface area contributed by atoms with Crippen molar-refractivity contribution in [3.63, 3.8) is 0 Å². The van der Waals surface area contributed by atoms with E-state index in [0.29, 0.717) is 45.7 Å². The molecular formula is C47H80O9. The van der Waals surface area contributed by atoms with Gasteiger partial charge in [-0.2, -0.15) is 0 Å². The van der Waals surface area contributed by atoms with Gasteiger partial charge in [-0.05, 0) is 97.0 Å². The summed E-state index contributed by atoms with van der Waals surface area (Å²) in [7, 11) is 0. The predicted octanol–water partition coefficient (Wildman–Crippen LogP) is 11.1. The van der Waals surface area contributed by atoms with Gasteiger partial charge in [-0.25, -0.2) is 0 Å². The molecule has 10 atom stereocenters. The fourth-order valence-electron chi connectivity index (χ4n) is 7.15. The van der Waals surface area contributed by atoms with Crippen LogP contribution >= 0.6 is 0 Å². The smallest absolute Gasteiger partial charge is 0.309 e. The molecule has 0 heterocycles. The van der Waals surface area contributed by atoms with Crippen molar-refractivity contribution in [2.75, 3.05) is 26.4 Å². The number of hydrogen-bond acceptors (Lipinski definition) is 8. The van der Waals surface area contributed by atoms with Gasteiger partial charge in [-0.3, -0.25) is 4.79 Å². The summed E-state index contributed by atoms with van der Waals surface area (Å²) in [4.78, 5) is 12.1. The average molecular weight is 789 g/mol. The highest BCUT2D eigenvalue weighted by Crippen LogP contribution is 2.41. The third kappa shape index (κ3) is 21.1. The Labute approximate surface area is 341 Å². The van der Waals surface area contributed by atoms with E-state index in [4.69, 9.17) is 33.2 Å². The summed E-state index contributed by atoms with van der Waals surface area (Å²) in [6.07, 6.45) is 19.5. The first-order chi connectivity index (χ1) is 27.1. The Balaban J connectivity index is 2.38. The van der Waals surface area contributed by atoms with Gasteiger partial charge in [0, 0.05) is 38.8 Å². The van der Waals surface area contributed by atoms with E-state index in [0.717, 1.165) is 70.6 Å². The Morgan fingerprint density at radius 1 is 0.732 bits per heavy atom. The number of benzene rings is 1. The van der Waals surface area contributed by atoms with Crippen molar-refractivity contribution in [1.82, 2.24) is 0 Å². The van der Waals surface area contributed by atoms with E-state index in [1.54, 1.807) is 0 Å². The quantitative estimate of drug-likeness (QED) is 0.0415. The van der Waals surface area contributed by atoms with Crippen molar-refractivity contribution in [3.8, 4) is 0 Å². The number of rotatable bonds is 34. The van der Waals surface area contributed by atoms with Gasteiger partial charge < -0.3 is 38.3 Å². The van der Waals surface area contributed by atoms with Crippen molar-refractivity contribution in [1.29, 1.82) is 0 Å². The van der Waals surface area contributed by atoms with Crippen LogP contribution in [0.5, 0.6) is 0 Å². The molecule has 0 bridgehead atoms. The number of allylic oxidation sites excluding steroid dienone is 2. The van der Waals surface area contributed by atoms with E-state index in [1.807, 2.05) is 33.8 Å². The fraction of sp³-hybridized carbons (Fsp3) is 0.766. The number of hydrogen-bond donors (Lipinski definition) is 1. The maximum atomic E-state index is 12.1. The highest BCUT2D eigenvalue weighted by atomic mass is 16.7. The third-order valence-corrected chi connectivity index (χ3v) is 10.6. The molecule has 0 aromatic heterocycles. The Hall–Kier alpha value is -2.11. The molecule has 0 spiro atoms. The minimum Gasteiger partial charge on any atom is -0.481 e. The SMILES string of the molecule is CCCCOC(C)O[C@H](/C=C/[C@@H]1[C@@H](C/C=C\CCC(C(=O)O)C(C)OCCCC)[C@@H](OC(C)OCCCC)C[C@H]1OC(C)OCCCC)CCc1ccccc1. The molecule has 56 heavy (non-hydrogen) atoms. The van der Waals surface area contributed by atoms with Crippen LogP contribution in [0.4, 0.5) is 0 Å². The van der Waals surface area contributed by atoms with Crippen molar-refractivity contribution in [2.24, 2.45) is 17.8 Å². The maximum absolute atomic E-state index is 12.1. The van der Waals surface area contributed by atoms with E-state index in [9.17, 15) is 9.90 Å². The summed E-state index contributed by atoms with van der Waals surface area (Å²) >= 11 is 0. The molecule has 1 aromatic rings. The second kappa shape index (κ2) is 30.9. The second-order valence-corrected chi connectivity index (χ2v) is 15.4. The monoisotopic (exact) mass is 789 g/mol. The van der Waals surface area contributed by atoms with E-state index in [2.05, 4.69) is 76.3 Å². The van der Waals surface area contributed by atoms with Crippen LogP contribution in [0.3, 0.4) is 0 Å². The largest absolute Gasteiger partial charge is 0.481 e. The predicted molar refractivity (Wildman–Crippen MR) is 226 cm³/mol. The Kier molecular flexibility index (Phi) is 27.6. The highest BCUT2D eigenvalue weighted by Gasteiger charge is 2.44. The van der Waals surface area contributed by atoms with Gasteiger partial charge in [0.25, 0.3) is 0 Å². The Morgan fingerprint density at radius 2 is 1.29 bits per heavy atom. The Bertz CT molecular complexity index is 1160. The standard InChI is InChI=1S/C47H80O9/c1-9-13-31-50-36(5)42(47(48)49)25-21-18-22-26-43-44(30-29-41(54-37(6)51-32-14-10-2)28-27-40-23-19-17-20-24-40)46(56-39(8)53-34-16-12-4)35-45(43)55-38(7)52-33-15-11-3/h17-20,22-24,29-30,36-39,41-46H,9-16,21,25-28,31-35H2,1-8H3,(H,48,49)/b22-18-,30-29+/t36?,37?,38?,39?,41-,42?,43+,44+,45-,46+/m0/s1. The van der Waals surface area contributed by atoms with Gasteiger partial charge in [0.2, 0.25) is 0 Å². The van der Waals surface area contributed by atoms with Crippen molar-refractivity contribution >= 4 is 5.97 Å². The van der Waals surface area contributed by atoms with Crippen molar-refractivity contribution < 1.29 is 43.1 Å². The summed E-state index contributed by atoms with van der Waals surface area (Å²) in [5.74, 6) is -1.25. The fourth-order valence-corrected chi connectivity index (χ4v) is 7.15. The van der Waals surface area contributed by atoms with E-state index < -0.39 is 11.9 Å². The number of carbonyl (C=O) groups is 1. The number of aliphatic carboxylic acids is 1. The molecule has 9 heteroatoms. The highest BCUT2D eigenvalue weighted by molar-refractivity contribution is 5.70. The topological polar surface area (TPSA) is 102 Å². The molecule has 0 radical (unpaired) electrons. The Morgan fingerprint density at radius 3 is 1.86 bits per heavy atom. The molecule has 1 fully saturated rings. The van der Waals surface area contributed by atoms with Gasteiger partial charge in [-0.15, -0.1) is 0 Å². The van der Waals surface area contributed by atoms with Crippen LogP contribution in [-0.4, -0.2) is 80.8 Å². The average Bonchev–Trinajstić information content (AvgIpc) is 3.48. The minimum absolute atomic E-state index is 0.0163. The van der Waals surface area contributed by atoms with Crippen LogP contribution in [0.1, 0.15) is 144 Å². The summed E-state index contributed by atoms with van der Waals surface area (Å²) in [5, 5.41) is 9.96.